The first kappa shape index (κ1) is 16.7. The van der Waals surface area contributed by atoms with Crippen molar-refractivity contribution < 1.29 is 9.59 Å². The van der Waals surface area contributed by atoms with E-state index in [0.29, 0.717) is 24.3 Å². The molecule has 2 aromatic heterocycles. The average Bonchev–Trinajstić information content (AvgIpc) is 3.09. The fraction of sp³-hybridized carbons (Fsp3) is 0.467. The topological polar surface area (TPSA) is 93.8 Å². The van der Waals surface area contributed by atoms with Gasteiger partial charge < -0.3 is 10.6 Å². The van der Waals surface area contributed by atoms with Crippen molar-refractivity contribution in [2.24, 2.45) is 7.05 Å². The van der Waals surface area contributed by atoms with Crippen LogP contribution in [-0.4, -0.2) is 37.9 Å². The monoisotopic (exact) mass is 318 g/mol. The third-order valence-electron chi connectivity index (χ3n) is 3.56. The van der Waals surface area contributed by atoms with Crippen LogP contribution in [0.3, 0.4) is 0 Å². The van der Waals surface area contributed by atoms with Crippen LogP contribution in [0.15, 0.2) is 12.4 Å². The van der Waals surface area contributed by atoms with Crippen molar-refractivity contribution in [2.75, 3.05) is 11.9 Å². The van der Waals surface area contributed by atoms with E-state index in [1.807, 2.05) is 20.8 Å². The molecule has 0 aromatic carbocycles. The van der Waals surface area contributed by atoms with Gasteiger partial charge in [0.15, 0.2) is 5.69 Å². The molecule has 0 aliphatic rings. The summed E-state index contributed by atoms with van der Waals surface area (Å²) in [6, 6.07) is 0. The van der Waals surface area contributed by atoms with Gasteiger partial charge in [-0.15, -0.1) is 0 Å². The Bertz CT molecular complexity index is 716. The standard InChI is InChI=1S/C15H22N6O2/c1-5-7-16-15(23)13-12(9-21(6-2)19-13)18-14(22)11-8-17-20(4)10(11)3/h8-9H,5-7H2,1-4H3,(H,16,23)(H,18,22). The number of carbonyl (C=O) groups is 2. The molecule has 2 amide bonds. The highest BCUT2D eigenvalue weighted by atomic mass is 16.2. The summed E-state index contributed by atoms with van der Waals surface area (Å²) < 4.78 is 3.24. The maximum Gasteiger partial charge on any atom is 0.273 e. The number of aryl methyl sites for hydroxylation is 2. The van der Waals surface area contributed by atoms with Gasteiger partial charge in [-0.05, 0) is 20.3 Å². The summed E-state index contributed by atoms with van der Waals surface area (Å²) in [5.41, 5.74) is 1.84. The van der Waals surface area contributed by atoms with Crippen LogP contribution in [0.1, 0.15) is 46.8 Å². The lowest BCUT2D eigenvalue weighted by Crippen LogP contribution is -2.26. The number of hydrogen-bond donors (Lipinski definition) is 2. The molecular weight excluding hydrogens is 296 g/mol. The predicted octanol–water partition coefficient (Wildman–Crippen LogP) is 1.34. The lowest BCUT2D eigenvalue weighted by molar-refractivity contribution is 0.0948. The average molecular weight is 318 g/mol. The fourth-order valence-electron chi connectivity index (χ4n) is 2.08. The minimum atomic E-state index is -0.309. The molecule has 124 valence electrons. The van der Waals surface area contributed by atoms with Crippen molar-refractivity contribution in [3.05, 3.63) is 29.3 Å². The Morgan fingerprint density at radius 2 is 2.00 bits per heavy atom. The Morgan fingerprint density at radius 1 is 1.26 bits per heavy atom. The smallest absolute Gasteiger partial charge is 0.273 e. The Hall–Kier alpha value is -2.64. The Balaban J connectivity index is 2.24. The molecule has 23 heavy (non-hydrogen) atoms. The van der Waals surface area contributed by atoms with E-state index in [-0.39, 0.29) is 17.5 Å². The molecule has 8 heteroatoms. The van der Waals surface area contributed by atoms with E-state index >= 15 is 0 Å². The Kier molecular flexibility index (Phi) is 5.15. The molecule has 8 nitrogen and oxygen atoms in total. The van der Waals surface area contributed by atoms with Crippen LogP contribution >= 0.6 is 0 Å². The first-order valence-corrected chi connectivity index (χ1v) is 7.63. The van der Waals surface area contributed by atoms with Crippen LogP contribution in [0.2, 0.25) is 0 Å². The van der Waals surface area contributed by atoms with E-state index in [9.17, 15) is 9.59 Å². The number of aromatic nitrogens is 4. The van der Waals surface area contributed by atoms with Gasteiger partial charge in [0.05, 0.1) is 17.4 Å². The quantitative estimate of drug-likeness (QED) is 0.840. The minimum absolute atomic E-state index is 0.218. The number of amides is 2. The fourth-order valence-corrected chi connectivity index (χ4v) is 2.08. The van der Waals surface area contributed by atoms with Crippen LogP contribution in [0, 0.1) is 6.92 Å². The van der Waals surface area contributed by atoms with Crippen molar-refractivity contribution in [2.45, 2.75) is 33.7 Å². The van der Waals surface area contributed by atoms with E-state index in [4.69, 9.17) is 0 Å². The second-order valence-corrected chi connectivity index (χ2v) is 5.22. The summed E-state index contributed by atoms with van der Waals surface area (Å²) in [6.45, 7) is 6.87. The molecule has 0 fully saturated rings. The lowest BCUT2D eigenvalue weighted by Gasteiger charge is -2.05. The molecule has 0 bridgehead atoms. The summed E-state index contributed by atoms with van der Waals surface area (Å²) in [6.07, 6.45) is 3.99. The summed E-state index contributed by atoms with van der Waals surface area (Å²) in [4.78, 5) is 24.6. The first-order valence-electron chi connectivity index (χ1n) is 7.63. The van der Waals surface area contributed by atoms with E-state index in [0.717, 1.165) is 12.1 Å². The summed E-state index contributed by atoms with van der Waals surface area (Å²) in [5.74, 6) is -0.604. The molecule has 0 unspecified atom stereocenters. The molecule has 2 aromatic rings. The molecule has 2 rings (SSSR count). The van der Waals surface area contributed by atoms with Gasteiger partial charge in [-0.25, -0.2) is 0 Å². The van der Waals surface area contributed by atoms with E-state index in [2.05, 4.69) is 20.8 Å². The predicted molar refractivity (Wildman–Crippen MR) is 86.4 cm³/mol. The zero-order valence-corrected chi connectivity index (χ0v) is 13.9. The van der Waals surface area contributed by atoms with Crippen LogP contribution in [-0.2, 0) is 13.6 Å². The minimum Gasteiger partial charge on any atom is -0.351 e. The van der Waals surface area contributed by atoms with Gasteiger partial charge >= 0.3 is 0 Å². The molecule has 0 saturated heterocycles. The zero-order valence-electron chi connectivity index (χ0n) is 13.9. The molecule has 0 radical (unpaired) electrons. The normalized spacial score (nSPS) is 10.6. The number of nitrogens with zero attached hydrogens (tertiary/aromatic N) is 4. The van der Waals surface area contributed by atoms with Crippen LogP contribution in [0.4, 0.5) is 5.69 Å². The van der Waals surface area contributed by atoms with Crippen molar-refractivity contribution in [1.29, 1.82) is 0 Å². The number of hydrogen-bond acceptors (Lipinski definition) is 4. The Morgan fingerprint density at radius 3 is 2.57 bits per heavy atom. The van der Waals surface area contributed by atoms with Crippen molar-refractivity contribution in [3.8, 4) is 0 Å². The van der Waals surface area contributed by atoms with E-state index < -0.39 is 0 Å². The summed E-state index contributed by atoms with van der Waals surface area (Å²) in [7, 11) is 1.77. The molecule has 2 heterocycles. The lowest BCUT2D eigenvalue weighted by atomic mass is 10.2. The first-order chi connectivity index (χ1) is 11.0. The Labute approximate surface area is 134 Å². The van der Waals surface area contributed by atoms with Crippen molar-refractivity contribution in [3.63, 3.8) is 0 Å². The zero-order chi connectivity index (χ0) is 17.0. The van der Waals surface area contributed by atoms with Gasteiger partial charge in [-0.3, -0.25) is 19.0 Å². The SMILES string of the molecule is CCCNC(=O)c1nn(CC)cc1NC(=O)c1cnn(C)c1C. The van der Waals surface area contributed by atoms with E-state index in [1.54, 1.807) is 22.6 Å². The summed E-state index contributed by atoms with van der Waals surface area (Å²) >= 11 is 0. The van der Waals surface area contributed by atoms with Gasteiger partial charge in [0.1, 0.15) is 0 Å². The largest absolute Gasteiger partial charge is 0.351 e. The van der Waals surface area contributed by atoms with Crippen molar-refractivity contribution >= 4 is 17.5 Å². The second kappa shape index (κ2) is 7.08. The molecular formula is C15H22N6O2. The van der Waals surface area contributed by atoms with Gasteiger partial charge in [-0.2, -0.15) is 10.2 Å². The summed E-state index contributed by atoms with van der Waals surface area (Å²) in [5, 5.41) is 13.8. The second-order valence-electron chi connectivity index (χ2n) is 5.22. The maximum absolute atomic E-state index is 12.4. The van der Waals surface area contributed by atoms with Gasteiger partial charge in [0.25, 0.3) is 11.8 Å². The van der Waals surface area contributed by atoms with Crippen LogP contribution in [0.5, 0.6) is 0 Å². The highest BCUT2D eigenvalue weighted by Gasteiger charge is 2.20. The van der Waals surface area contributed by atoms with Gasteiger partial charge in [0, 0.05) is 32.0 Å². The number of carbonyl (C=O) groups excluding carboxylic acids is 2. The third-order valence-corrected chi connectivity index (χ3v) is 3.56. The molecule has 0 aliphatic heterocycles. The maximum atomic E-state index is 12.4. The number of nitrogens with one attached hydrogen (secondary N) is 2. The van der Waals surface area contributed by atoms with Crippen LogP contribution < -0.4 is 10.6 Å². The third kappa shape index (κ3) is 3.58. The number of rotatable bonds is 6. The molecule has 0 aliphatic carbocycles. The van der Waals surface area contributed by atoms with E-state index in [1.165, 1.54) is 6.20 Å². The molecule has 0 spiro atoms. The van der Waals surface area contributed by atoms with Crippen LogP contribution in [0.25, 0.3) is 0 Å². The van der Waals surface area contributed by atoms with Gasteiger partial charge in [-0.1, -0.05) is 6.92 Å². The highest BCUT2D eigenvalue weighted by Crippen LogP contribution is 2.16. The van der Waals surface area contributed by atoms with Gasteiger partial charge in [0.2, 0.25) is 0 Å². The molecule has 2 N–H and O–H groups in total. The number of anilines is 1. The molecule has 0 atom stereocenters. The highest BCUT2D eigenvalue weighted by molar-refractivity contribution is 6.08. The van der Waals surface area contributed by atoms with Crippen molar-refractivity contribution in [1.82, 2.24) is 24.9 Å². The molecule has 0 saturated carbocycles.